The Balaban J connectivity index is 1.35. The van der Waals surface area contributed by atoms with E-state index in [1.807, 2.05) is 54.6 Å². The summed E-state index contributed by atoms with van der Waals surface area (Å²) in [5.41, 5.74) is 4.31. The molecule has 0 bridgehead atoms. The maximum atomic E-state index is 12.4. The summed E-state index contributed by atoms with van der Waals surface area (Å²) >= 11 is 7.12. The van der Waals surface area contributed by atoms with Crippen LogP contribution in [-0.4, -0.2) is 32.7 Å². The van der Waals surface area contributed by atoms with Crippen LogP contribution in [0.3, 0.4) is 0 Å². The summed E-state index contributed by atoms with van der Waals surface area (Å²) in [7, 11) is 0. The summed E-state index contributed by atoms with van der Waals surface area (Å²) in [6.45, 7) is 0. The summed E-state index contributed by atoms with van der Waals surface area (Å²) in [6.07, 6.45) is 1.59. The average Bonchev–Trinajstić information content (AvgIpc) is 3.12. The van der Waals surface area contributed by atoms with Crippen molar-refractivity contribution < 1.29 is 4.79 Å². The third-order valence-electron chi connectivity index (χ3n) is 4.29. The van der Waals surface area contributed by atoms with E-state index in [9.17, 15) is 4.79 Å². The lowest BCUT2D eigenvalue weighted by Gasteiger charge is -2.08. The Hall–Kier alpha value is -3.56. The van der Waals surface area contributed by atoms with Crippen molar-refractivity contribution >= 4 is 57.9 Å². The van der Waals surface area contributed by atoms with Gasteiger partial charge in [-0.3, -0.25) is 4.79 Å². The summed E-state index contributed by atoms with van der Waals surface area (Å²) in [5.74, 6) is 6.21. The predicted octanol–water partition coefficient (Wildman–Crippen LogP) is 3.98. The summed E-state index contributed by atoms with van der Waals surface area (Å²) in [5, 5.41) is 18.0. The molecule has 4 rings (SSSR count). The fourth-order valence-corrected chi connectivity index (χ4v) is 3.71. The molecule has 31 heavy (non-hydrogen) atoms. The monoisotopic (exact) mass is 451 g/mol. The van der Waals surface area contributed by atoms with Gasteiger partial charge in [0.1, 0.15) is 0 Å². The normalized spacial score (nSPS) is 11.1. The number of hydrogen-bond donors (Lipinski definition) is 3. The van der Waals surface area contributed by atoms with Crippen LogP contribution in [0.2, 0.25) is 5.02 Å². The number of thioether (sulfide) groups is 1. The lowest BCUT2D eigenvalue weighted by Crippen LogP contribution is -2.17. The van der Waals surface area contributed by atoms with Crippen LogP contribution in [0.25, 0.3) is 10.8 Å². The number of hydrazone groups is 1. The Labute approximate surface area is 187 Å². The molecule has 0 aliphatic carbocycles. The van der Waals surface area contributed by atoms with Crippen LogP contribution in [0.5, 0.6) is 0 Å². The van der Waals surface area contributed by atoms with Crippen molar-refractivity contribution in [2.45, 2.75) is 5.16 Å². The van der Waals surface area contributed by atoms with Gasteiger partial charge in [0.25, 0.3) is 5.95 Å². The highest BCUT2D eigenvalue weighted by Gasteiger charge is 2.12. The van der Waals surface area contributed by atoms with Gasteiger partial charge in [-0.15, -0.1) is 10.2 Å². The zero-order valence-electron chi connectivity index (χ0n) is 16.2. The van der Waals surface area contributed by atoms with Crippen molar-refractivity contribution in [2.75, 3.05) is 22.3 Å². The quantitative estimate of drug-likeness (QED) is 0.170. The van der Waals surface area contributed by atoms with Gasteiger partial charge in [-0.05, 0) is 29.1 Å². The van der Waals surface area contributed by atoms with Gasteiger partial charge in [0.15, 0.2) is 0 Å². The van der Waals surface area contributed by atoms with Crippen LogP contribution in [0.1, 0.15) is 5.56 Å². The van der Waals surface area contributed by atoms with Gasteiger partial charge in [0.2, 0.25) is 11.1 Å². The molecular weight excluding hydrogens is 434 g/mol. The maximum Gasteiger partial charge on any atom is 0.264 e. The Morgan fingerprint density at radius 2 is 1.94 bits per heavy atom. The highest BCUT2D eigenvalue weighted by Crippen LogP contribution is 2.24. The zero-order chi connectivity index (χ0) is 21.6. The van der Waals surface area contributed by atoms with E-state index in [1.54, 1.807) is 18.3 Å². The Kier molecular flexibility index (Phi) is 6.34. The summed E-state index contributed by atoms with van der Waals surface area (Å²) in [4.78, 5) is 12.4. The van der Waals surface area contributed by atoms with Crippen LogP contribution in [0, 0.1) is 0 Å². The van der Waals surface area contributed by atoms with Crippen LogP contribution in [0.15, 0.2) is 77.0 Å². The number of anilines is 2. The van der Waals surface area contributed by atoms with Crippen LogP contribution in [0.4, 0.5) is 11.6 Å². The number of carbonyl (C=O) groups excluding carboxylic acids is 1. The molecule has 10 heteroatoms. The van der Waals surface area contributed by atoms with Gasteiger partial charge in [0.05, 0.1) is 12.0 Å². The first-order chi connectivity index (χ1) is 15.1. The molecule has 3 aromatic carbocycles. The molecule has 156 valence electrons. The second-order valence-corrected chi connectivity index (χ2v) is 7.84. The van der Waals surface area contributed by atoms with Gasteiger partial charge in [-0.2, -0.15) is 5.10 Å². The number of amides is 1. The lowest BCUT2D eigenvalue weighted by molar-refractivity contribution is -0.113. The number of rotatable bonds is 7. The first kappa shape index (κ1) is 20.7. The molecule has 0 unspecified atom stereocenters. The number of aromatic nitrogens is 3. The van der Waals surface area contributed by atoms with Crippen molar-refractivity contribution in [1.82, 2.24) is 14.9 Å². The predicted molar refractivity (Wildman–Crippen MR) is 126 cm³/mol. The topological polar surface area (TPSA) is 110 Å². The SMILES string of the molecule is Nn1c(N/N=C/c2cccc(Cl)c2)nnc1SCC(=O)Nc1cccc2ccccc12. The molecule has 0 aliphatic heterocycles. The van der Waals surface area contributed by atoms with Crippen molar-refractivity contribution in [3.05, 3.63) is 77.3 Å². The molecule has 1 heterocycles. The van der Waals surface area contributed by atoms with Crippen molar-refractivity contribution in [2.24, 2.45) is 5.10 Å². The van der Waals surface area contributed by atoms with E-state index in [1.165, 1.54) is 16.4 Å². The van der Waals surface area contributed by atoms with E-state index in [4.69, 9.17) is 17.4 Å². The summed E-state index contributed by atoms with van der Waals surface area (Å²) < 4.78 is 1.24. The molecule has 4 N–H and O–H groups in total. The molecule has 0 radical (unpaired) electrons. The fraction of sp³-hybridized carbons (Fsp3) is 0.0476. The fourth-order valence-electron chi connectivity index (χ4n) is 2.85. The standard InChI is InChI=1S/C21H18ClN7OS/c22-16-8-3-5-14(11-16)12-24-26-20-27-28-21(29(20)23)31-13-19(30)25-18-10-4-7-15-6-1-2-9-17(15)18/h1-12H,13,23H2,(H,25,30)(H,26,27)/b24-12+. The van der Waals surface area contributed by atoms with E-state index < -0.39 is 0 Å². The molecule has 0 spiro atoms. The zero-order valence-corrected chi connectivity index (χ0v) is 17.8. The number of benzene rings is 3. The smallest absolute Gasteiger partial charge is 0.264 e. The molecule has 0 saturated carbocycles. The third-order valence-corrected chi connectivity index (χ3v) is 5.47. The highest BCUT2D eigenvalue weighted by atomic mass is 35.5. The summed E-state index contributed by atoms with van der Waals surface area (Å²) in [6, 6.07) is 20.9. The second kappa shape index (κ2) is 9.50. The van der Waals surface area contributed by atoms with Gasteiger partial charge >= 0.3 is 0 Å². The van der Waals surface area contributed by atoms with Gasteiger partial charge in [-0.25, -0.2) is 10.1 Å². The molecule has 8 nitrogen and oxygen atoms in total. The van der Waals surface area contributed by atoms with E-state index in [0.717, 1.165) is 22.0 Å². The van der Waals surface area contributed by atoms with E-state index >= 15 is 0 Å². The Bertz CT molecular complexity index is 1250. The minimum absolute atomic E-state index is 0.129. The van der Waals surface area contributed by atoms with E-state index in [-0.39, 0.29) is 17.6 Å². The van der Waals surface area contributed by atoms with E-state index in [2.05, 4.69) is 26.0 Å². The number of fused-ring (bicyclic) bond motifs is 1. The first-order valence-electron chi connectivity index (χ1n) is 9.26. The molecular formula is C21H18ClN7OS. The number of halogens is 1. The molecule has 0 aliphatic rings. The van der Waals surface area contributed by atoms with Crippen molar-refractivity contribution in [3.8, 4) is 0 Å². The van der Waals surface area contributed by atoms with Crippen LogP contribution < -0.4 is 16.6 Å². The molecule has 4 aromatic rings. The molecule has 1 aromatic heterocycles. The molecule has 0 fully saturated rings. The molecule has 0 atom stereocenters. The minimum Gasteiger partial charge on any atom is -0.334 e. The number of carbonyl (C=O) groups is 1. The highest BCUT2D eigenvalue weighted by molar-refractivity contribution is 7.99. The minimum atomic E-state index is -0.169. The first-order valence-corrected chi connectivity index (χ1v) is 10.6. The number of nitrogen functional groups attached to an aromatic ring is 1. The number of nitrogens with one attached hydrogen (secondary N) is 2. The van der Waals surface area contributed by atoms with Crippen LogP contribution in [-0.2, 0) is 4.79 Å². The van der Waals surface area contributed by atoms with E-state index in [0.29, 0.717) is 10.2 Å². The maximum absolute atomic E-state index is 12.4. The number of nitrogens with zero attached hydrogens (tertiary/aromatic N) is 4. The Morgan fingerprint density at radius 3 is 2.81 bits per heavy atom. The molecule has 1 amide bonds. The molecule has 0 saturated heterocycles. The third kappa shape index (κ3) is 5.14. The lowest BCUT2D eigenvalue weighted by atomic mass is 10.1. The van der Waals surface area contributed by atoms with Crippen molar-refractivity contribution in [1.29, 1.82) is 0 Å². The number of hydrogen-bond acceptors (Lipinski definition) is 7. The van der Waals surface area contributed by atoms with Gasteiger partial charge < -0.3 is 11.2 Å². The van der Waals surface area contributed by atoms with Crippen LogP contribution >= 0.6 is 23.4 Å². The van der Waals surface area contributed by atoms with Gasteiger partial charge in [0, 0.05) is 16.1 Å². The van der Waals surface area contributed by atoms with Crippen molar-refractivity contribution in [3.63, 3.8) is 0 Å². The largest absolute Gasteiger partial charge is 0.334 e. The average molecular weight is 452 g/mol. The number of nitrogens with two attached hydrogens (primary N) is 1. The Morgan fingerprint density at radius 1 is 1.13 bits per heavy atom. The van der Waals surface area contributed by atoms with Gasteiger partial charge in [-0.1, -0.05) is 71.9 Å². The second-order valence-electron chi connectivity index (χ2n) is 6.46.